The number of hydrogen-bond acceptors (Lipinski definition) is 0. The maximum Gasteiger partial charge on any atom is -0.0147 e. The summed E-state index contributed by atoms with van der Waals surface area (Å²) in [5.74, 6) is 3.92. The third-order valence-electron chi connectivity index (χ3n) is 10.9. The average molecular weight is 327 g/mol. The zero-order valence-corrected chi connectivity index (χ0v) is 16.4. The lowest BCUT2D eigenvalue weighted by Gasteiger charge is -2.47. The van der Waals surface area contributed by atoms with Crippen LogP contribution in [0.1, 0.15) is 91.4 Å². The van der Waals surface area contributed by atoms with E-state index in [1.807, 2.05) is 0 Å². The molecular weight excluding hydrogens is 288 g/mol. The average Bonchev–Trinajstić information content (AvgIpc) is 2.91. The highest BCUT2D eigenvalue weighted by Gasteiger charge is 2.88. The molecule has 0 aromatic heterocycles. The van der Waals surface area contributed by atoms with Crippen LogP contribution >= 0.6 is 0 Å². The van der Waals surface area contributed by atoms with E-state index in [0.717, 1.165) is 34.5 Å². The summed E-state index contributed by atoms with van der Waals surface area (Å²) < 4.78 is 0. The van der Waals surface area contributed by atoms with Gasteiger partial charge in [0, 0.05) is 0 Å². The summed E-state index contributed by atoms with van der Waals surface area (Å²) in [6, 6.07) is 0. The van der Waals surface area contributed by atoms with Crippen LogP contribution in [0.25, 0.3) is 0 Å². The molecule has 2 spiro atoms. The zero-order valence-electron chi connectivity index (χ0n) is 16.4. The van der Waals surface area contributed by atoms with Crippen molar-refractivity contribution in [3.8, 4) is 0 Å². The summed E-state index contributed by atoms with van der Waals surface area (Å²) in [6.07, 6.45) is 19.1. The molecule has 0 N–H and O–H groups in total. The van der Waals surface area contributed by atoms with Crippen molar-refractivity contribution in [2.45, 2.75) is 91.4 Å². The third kappa shape index (κ3) is 1.43. The van der Waals surface area contributed by atoms with Gasteiger partial charge in [-0.05, 0) is 103 Å². The first kappa shape index (κ1) is 16.0. The van der Waals surface area contributed by atoms with Gasteiger partial charge in [-0.3, -0.25) is 0 Å². The maximum absolute atomic E-state index is 4.27. The molecule has 8 unspecified atom stereocenters. The molecule has 0 saturated heterocycles. The lowest BCUT2D eigenvalue weighted by molar-refractivity contribution is 0.0262. The Morgan fingerprint density at radius 2 is 1.83 bits per heavy atom. The van der Waals surface area contributed by atoms with Gasteiger partial charge in [-0.15, -0.1) is 6.58 Å². The normalized spacial score (nSPS) is 61.3. The van der Waals surface area contributed by atoms with Gasteiger partial charge in [-0.2, -0.15) is 0 Å². The summed E-state index contributed by atoms with van der Waals surface area (Å²) in [5, 5.41) is 0. The maximum atomic E-state index is 4.27. The lowest BCUT2D eigenvalue weighted by Crippen LogP contribution is -2.40. The molecule has 8 atom stereocenters. The van der Waals surface area contributed by atoms with Gasteiger partial charge in [0.1, 0.15) is 0 Å². The van der Waals surface area contributed by atoms with Gasteiger partial charge in [0.25, 0.3) is 0 Å². The minimum atomic E-state index is 0.630. The Bertz CT molecular complexity index is 562. The Labute approximate surface area is 149 Å². The SMILES string of the molecule is C=CC1CCC2C1(CC)CCC1C23CCC2(C)CC(C)CCCC123. The molecule has 24 heavy (non-hydrogen) atoms. The number of fused-ring (bicyclic) bond motifs is 1. The fraction of sp³-hybridized carbons (Fsp3) is 0.917. The fourth-order valence-electron chi connectivity index (χ4n) is 10.4. The van der Waals surface area contributed by atoms with E-state index >= 15 is 0 Å². The minimum Gasteiger partial charge on any atom is -0.103 e. The minimum absolute atomic E-state index is 0.630. The quantitative estimate of drug-likeness (QED) is 0.479. The van der Waals surface area contributed by atoms with Crippen LogP contribution in [0.15, 0.2) is 12.7 Å². The van der Waals surface area contributed by atoms with E-state index in [1.165, 1.54) is 44.9 Å². The first-order chi connectivity index (χ1) is 11.5. The van der Waals surface area contributed by atoms with Gasteiger partial charge >= 0.3 is 0 Å². The van der Waals surface area contributed by atoms with Crippen LogP contribution in [0.3, 0.4) is 0 Å². The van der Waals surface area contributed by atoms with Crippen LogP contribution in [-0.4, -0.2) is 0 Å². The molecule has 0 radical (unpaired) electrons. The number of allylic oxidation sites excluding steroid dienone is 1. The van der Waals surface area contributed by atoms with Crippen molar-refractivity contribution in [1.29, 1.82) is 0 Å². The van der Waals surface area contributed by atoms with Crippen LogP contribution in [-0.2, 0) is 0 Å². The second-order valence-corrected chi connectivity index (χ2v) is 10.9. The van der Waals surface area contributed by atoms with Crippen molar-refractivity contribution in [3.63, 3.8) is 0 Å². The van der Waals surface area contributed by atoms with Crippen molar-refractivity contribution in [2.75, 3.05) is 0 Å². The van der Waals surface area contributed by atoms with Gasteiger partial charge in [-0.1, -0.05) is 39.7 Å². The lowest BCUT2D eigenvalue weighted by atomic mass is 9.57. The van der Waals surface area contributed by atoms with E-state index in [0.29, 0.717) is 10.8 Å². The van der Waals surface area contributed by atoms with Crippen molar-refractivity contribution in [2.24, 2.45) is 45.3 Å². The largest absolute Gasteiger partial charge is 0.103 e. The third-order valence-corrected chi connectivity index (χ3v) is 10.9. The molecule has 0 aliphatic heterocycles. The Balaban J connectivity index is 1.60. The predicted molar refractivity (Wildman–Crippen MR) is 102 cm³/mol. The molecule has 0 nitrogen and oxygen atoms in total. The Hall–Kier alpha value is -0.260. The second kappa shape index (κ2) is 4.72. The van der Waals surface area contributed by atoms with Crippen LogP contribution in [0.2, 0.25) is 0 Å². The first-order valence-corrected chi connectivity index (χ1v) is 11.1. The molecule has 0 heteroatoms. The molecule has 5 saturated carbocycles. The highest BCUT2D eigenvalue weighted by molar-refractivity contribution is 5.36. The molecule has 0 heterocycles. The molecule has 5 rings (SSSR count). The van der Waals surface area contributed by atoms with Gasteiger partial charge < -0.3 is 0 Å². The summed E-state index contributed by atoms with van der Waals surface area (Å²) >= 11 is 0. The van der Waals surface area contributed by atoms with E-state index in [-0.39, 0.29) is 0 Å². The smallest absolute Gasteiger partial charge is 0.0147 e. The van der Waals surface area contributed by atoms with Crippen LogP contribution in [0.5, 0.6) is 0 Å². The molecule has 0 aromatic rings. The number of hydrogen-bond donors (Lipinski definition) is 0. The summed E-state index contributed by atoms with van der Waals surface area (Å²) in [4.78, 5) is 0. The topological polar surface area (TPSA) is 0 Å². The molecule has 0 amide bonds. The summed E-state index contributed by atoms with van der Waals surface area (Å²) in [7, 11) is 0. The summed E-state index contributed by atoms with van der Waals surface area (Å²) in [5.41, 5.74) is 2.81. The van der Waals surface area contributed by atoms with E-state index in [1.54, 1.807) is 25.7 Å². The Morgan fingerprint density at radius 3 is 2.58 bits per heavy atom. The molecular formula is C24H38. The standard InChI is InChI=1S/C24H38/c1-5-18-9-10-19-22(18,6-2)13-11-20-23(19)15-14-21(4)16-17(3)8-7-12-24(20,21)23/h5,17-20H,1,6-16H2,2-4H3. The van der Waals surface area contributed by atoms with Crippen molar-refractivity contribution < 1.29 is 0 Å². The fourth-order valence-corrected chi connectivity index (χ4v) is 10.4. The monoisotopic (exact) mass is 326 g/mol. The van der Waals surface area contributed by atoms with Crippen LogP contribution in [0, 0.1) is 45.3 Å². The molecule has 134 valence electrons. The molecule has 0 bridgehead atoms. The first-order valence-electron chi connectivity index (χ1n) is 11.1. The predicted octanol–water partition coefficient (Wildman–Crippen LogP) is 7.00. The van der Waals surface area contributed by atoms with E-state index in [4.69, 9.17) is 0 Å². The van der Waals surface area contributed by atoms with Gasteiger partial charge in [-0.25, -0.2) is 0 Å². The van der Waals surface area contributed by atoms with E-state index in [9.17, 15) is 0 Å². The number of rotatable bonds is 2. The van der Waals surface area contributed by atoms with Crippen LogP contribution in [0.4, 0.5) is 0 Å². The molecule has 5 aliphatic rings. The summed E-state index contributed by atoms with van der Waals surface area (Å²) in [6.45, 7) is 12.0. The van der Waals surface area contributed by atoms with E-state index in [2.05, 4.69) is 33.4 Å². The molecule has 5 aliphatic carbocycles. The Kier molecular flexibility index (Phi) is 3.13. The zero-order chi connectivity index (χ0) is 16.8. The molecule has 5 fully saturated rings. The van der Waals surface area contributed by atoms with Crippen molar-refractivity contribution in [1.82, 2.24) is 0 Å². The Morgan fingerprint density at radius 1 is 1.00 bits per heavy atom. The highest BCUT2D eigenvalue weighted by Crippen LogP contribution is 2.94. The molecule has 0 aromatic carbocycles. The van der Waals surface area contributed by atoms with E-state index < -0.39 is 0 Å². The van der Waals surface area contributed by atoms with Crippen LogP contribution < -0.4 is 0 Å². The van der Waals surface area contributed by atoms with Crippen molar-refractivity contribution in [3.05, 3.63) is 12.7 Å². The second-order valence-electron chi connectivity index (χ2n) is 10.9. The van der Waals surface area contributed by atoms with Gasteiger partial charge in [0.05, 0.1) is 0 Å². The van der Waals surface area contributed by atoms with Crippen molar-refractivity contribution >= 4 is 0 Å². The van der Waals surface area contributed by atoms with Gasteiger partial charge in [0.2, 0.25) is 0 Å². The highest BCUT2D eigenvalue weighted by atomic mass is 14.9. The van der Waals surface area contributed by atoms with Gasteiger partial charge in [0.15, 0.2) is 0 Å².